The van der Waals surface area contributed by atoms with Gasteiger partial charge >= 0.3 is 0 Å². The van der Waals surface area contributed by atoms with Crippen molar-refractivity contribution in [2.45, 2.75) is 32.0 Å². The summed E-state index contributed by atoms with van der Waals surface area (Å²) in [6.07, 6.45) is 2.30. The number of imidazole rings is 1. The average molecular weight is 349 g/mol. The second-order valence-electron chi connectivity index (χ2n) is 5.22. The van der Waals surface area contributed by atoms with E-state index >= 15 is 0 Å². The van der Waals surface area contributed by atoms with Crippen LogP contribution in [0.4, 0.5) is 0 Å². The van der Waals surface area contributed by atoms with E-state index < -0.39 is 0 Å². The van der Waals surface area contributed by atoms with E-state index in [0.29, 0.717) is 13.0 Å². The molecule has 1 aliphatic heterocycles. The highest BCUT2D eigenvalue weighted by Crippen LogP contribution is 2.23. The van der Waals surface area contributed by atoms with Crippen LogP contribution in [0.1, 0.15) is 29.9 Å². The van der Waals surface area contributed by atoms with Crippen LogP contribution in [0.3, 0.4) is 0 Å². The van der Waals surface area contributed by atoms with E-state index in [9.17, 15) is 4.79 Å². The standard InChI is InChI=1S/C15H17BrN4O/c1-9(10-4-2-3-5-11(10)16)20-15(21)13-6-12-14(7-17-13)19-8-18-12/h2-5,8-9,13,17H,6-7H2,1H3,(H,18,19)(H,20,21)/t9-,13?/m1/s1. The quantitative estimate of drug-likeness (QED) is 0.795. The summed E-state index contributed by atoms with van der Waals surface area (Å²) in [6, 6.07) is 7.64. The SMILES string of the molecule is C[C@@H](NC(=O)C1Cc2nc[nH]c2CN1)c1ccccc1Br. The predicted molar refractivity (Wildman–Crippen MR) is 83.6 cm³/mol. The van der Waals surface area contributed by atoms with Crippen LogP contribution in [-0.2, 0) is 17.8 Å². The highest BCUT2D eigenvalue weighted by molar-refractivity contribution is 9.10. The van der Waals surface area contributed by atoms with Gasteiger partial charge in [-0.05, 0) is 18.6 Å². The minimum atomic E-state index is -0.231. The molecule has 1 unspecified atom stereocenters. The highest BCUT2D eigenvalue weighted by Gasteiger charge is 2.26. The van der Waals surface area contributed by atoms with Gasteiger partial charge in [-0.2, -0.15) is 0 Å². The predicted octanol–water partition coefficient (Wildman–Crippen LogP) is 2.06. The summed E-state index contributed by atoms with van der Waals surface area (Å²) in [7, 11) is 0. The number of amides is 1. The third-order valence-corrected chi connectivity index (χ3v) is 4.50. The Balaban J connectivity index is 1.66. The Labute approximate surface area is 131 Å². The van der Waals surface area contributed by atoms with Gasteiger partial charge in [0.25, 0.3) is 0 Å². The van der Waals surface area contributed by atoms with Crippen molar-refractivity contribution in [2.75, 3.05) is 0 Å². The molecule has 2 atom stereocenters. The van der Waals surface area contributed by atoms with Crippen molar-refractivity contribution < 1.29 is 4.79 Å². The van der Waals surface area contributed by atoms with Gasteiger partial charge in [0, 0.05) is 17.4 Å². The van der Waals surface area contributed by atoms with E-state index in [1.54, 1.807) is 6.33 Å². The molecule has 0 bridgehead atoms. The molecule has 0 radical (unpaired) electrons. The van der Waals surface area contributed by atoms with Crippen molar-refractivity contribution in [3.8, 4) is 0 Å². The number of nitrogens with one attached hydrogen (secondary N) is 3. The van der Waals surface area contributed by atoms with Crippen molar-refractivity contribution >= 4 is 21.8 Å². The van der Waals surface area contributed by atoms with Gasteiger partial charge in [-0.25, -0.2) is 4.98 Å². The Morgan fingerprint density at radius 2 is 2.29 bits per heavy atom. The number of aromatic amines is 1. The van der Waals surface area contributed by atoms with E-state index in [1.807, 2.05) is 31.2 Å². The molecule has 0 fully saturated rings. The molecule has 1 aliphatic rings. The highest BCUT2D eigenvalue weighted by atomic mass is 79.9. The fourth-order valence-electron chi connectivity index (χ4n) is 2.57. The number of carbonyl (C=O) groups excluding carboxylic acids is 1. The molecule has 1 aromatic heterocycles. The van der Waals surface area contributed by atoms with Crippen LogP contribution in [-0.4, -0.2) is 21.9 Å². The zero-order chi connectivity index (χ0) is 14.8. The van der Waals surface area contributed by atoms with Gasteiger partial charge in [-0.1, -0.05) is 34.1 Å². The third kappa shape index (κ3) is 3.01. The van der Waals surface area contributed by atoms with Gasteiger partial charge < -0.3 is 10.3 Å². The van der Waals surface area contributed by atoms with Crippen molar-refractivity contribution in [3.05, 3.63) is 52.0 Å². The molecule has 0 saturated heterocycles. The number of benzene rings is 1. The lowest BCUT2D eigenvalue weighted by molar-refractivity contribution is -0.124. The van der Waals surface area contributed by atoms with E-state index in [1.165, 1.54) is 0 Å². The number of rotatable bonds is 3. The van der Waals surface area contributed by atoms with Gasteiger partial charge in [0.1, 0.15) is 0 Å². The second kappa shape index (κ2) is 5.99. The first kappa shape index (κ1) is 14.3. The molecule has 2 aromatic rings. The normalized spacial score (nSPS) is 18.9. The molecule has 2 heterocycles. The van der Waals surface area contributed by atoms with Gasteiger partial charge in [0.05, 0.1) is 29.8 Å². The molecular formula is C15H17BrN4O. The molecule has 5 nitrogen and oxygen atoms in total. The summed E-state index contributed by atoms with van der Waals surface area (Å²) in [5.41, 5.74) is 3.11. The molecule has 0 spiro atoms. The monoisotopic (exact) mass is 348 g/mol. The minimum Gasteiger partial charge on any atom is -0.348 e. The summed E-state index contributed by atoms with van der Waals surface area (Å²) in [5.74, 6) is 0.00639. The van der Waals surface area contributed by atoms with Crippen LogP contribution in [0.25, 0.3) is 0 Å². The van der Waals surface area contributed by atoms with Crippen LogP contribution < -0.4 is 10.6 Å². The number of fused-ring (bicyclic) bond motifs is 1. The van der Waals surface area contributed by atoms with Crippen molar-refractivity contribution in [1.82, 2.24) is 20.6 Å². The topological polar surface area (TPSA) is 69.8 Å². The van der Waals surface area contributed by atoms with E-state index in [0.717, 1.165) is 21.4 Å². The summed E-state index contributed by atoms with van der Waals surface area (Å²) in [4.78, 5) is 19.7. The molecule has 1 amide bonds. The molecule has 1 aromatic carbocycles. The lowest BCUT2D eigenvalue weighted by Crippen LogP contribution is -2.48. The Morgan fingerprint density at radius 3 is 3.10 bits per heavy atom. The van der Waals surface area contributed by atoms with Crippen LogP contribution in [0, 0.1) is 0 Å². The maximum atomic E-state index is 12.4. The zero-order valence-corrected chi connectivity index (χ0v) is 13.3. The number of carbonyl (C=O) groups is 1. The molecule has 6 heteroatoms. The van der Waals surface area contributed by atoms with Crippen LogP contribution in [0.2, 0.25) is 0 Å². The van der Waals surface area contributed by atoms with E-state index in [-0.39, 0.29) is 18.0 Å². The summed E-state index contributed by atoms with van der Waals surface area (Å²) in [5, 5.41) is 6.30. The Kier molecular flexibility index (Phi) is 4.07. The number of aromatic nitrogens is 2. The fraction of sp³-hybridized carbons (Fsp3) is 0.333. The van der Waals surface area contributed by atoms with Crippen LogP contribution >= 0.6 is 15.9 Å². The van der Waals surface area contributed by atoms with Crippen LogP contribution in [0.15, 0.2) is 35.1 Å². The number of halogens is 1. The lowest BCUT2D eigenvalue weighted by atomic mass is 10.0. The smallest absolute Gasteiger partial charge is 0.238 e. The largest absolute Gasteiger partial charge is 0.348 e. The third-order valence-electron chi connectivity index (χ3n) is 3.78. The van der Waals surface area contributed by atoms with Crippen molar-refractivity contribution in [1.29, 1.82) is 0 Å². The summed E-state index contributed by atoms with van der Waals surface area (Å²) < 4.78 is 1.00. The number of H-pyrrole nitrogens is 1. The molecule has 110 valence electrons. The molecule has 21 heavy (non-hydrogen) atoms. The molecular weight excluding hydrogens is 332 g/mol. The van der Waals surface area contributed by atoms with E-state index in [4.69, 9.17) is 0 Å². The Morgan fingerprint density at radius 1 is 1.48 bits per heavy atom. The van der Waals surface area contributed by atoms with Gasteiger partial charge in [0.15, 0.2) is 0 Å². The first-order valence-corrected chi connectivity index (χ1v) is 7.73. The maximum absolute atomic E-state index is 12.4. The molecule has 3 rings (SSSR count). The van der Waals surface area contributed by atoms with Gasteiger partial charge in [-0.15, -0.1) is 0 Å². The first-order chi connectivity index (χ1) is 10.1. The lowest BCUT2D eigenvalue weighted by Gasteiger charge is -2.24. The second-order valence-corrected chi connectivity index (χ2v) is 6.07. The number of hydrogen-bond acceptors (Lipinski definition) is 3. The number of hydrogen-bond donors (Lipinski definition) is 3. The first-order valence-electron chi connectivity index (χ1n) is 6.94. The Hall–Kier alpha value is -1.66. The molecule has 3 N–H and O–H groups in total. The maximum Gasteiger partial charge on any atom is 0.238 e. The number of nitrogens with zero attached hydrogens (tertiary/aromatic N) is 1. The average Bonchev–Trinajstić information content (AvgIpc) is 2.94. The zero-order valence-electron chi connectivity index (χ0n) is 11.7. The minimum absolute atomic E-state index is 0.00639. The fourth-order valence-corrected chi connectivity index (χ4v) is 3.20. The molecule has 0 aliphatic carbocycles. The van der Waals surface area contributed by atoms with E-state index in [2.05, 4.69) is 36.5 Å². The molecule has 0 saturated carbocycles. The van der Waals surface area contributed by atoms with Crippen molar-refractivity contribution in [3.63, 3.8) is 0 Å². The summed E-state index contributed by atoms with van der Waals surface area (Å²) >= 11 is 3.52. The van der Waals surface area contributed by atoms with Gasteiger partial charge in [-0.3, -0.25) is 10.1 Å². The van der Waals surface area contributed by atoms with Gasteiger partial charge in [0.2, 0.25) is 5.91 Å². The van der Waals surface area contributed by atoms with Crippen molar-refractivity contribution in [2.24, 2.45) is 0 Å². The van der Waals surface area contributed by atoms with Crippen LogP contribution in [0.5, 0.6) is 0 Å². The Bertz CT molecular complexity index is 655. The summed E-state index contributed by atoms with van der Waals surface area (Å²) in [6.45, 7) is 2.64.